The Labute approximate surface area is 141 Å². The van der Waals surface area contributed by atoms with E-state index in [0.717, 1.165) is 11.1 Å². The van der Waals surface area contributed by atoms with Gasteiger partial charge in [0.2, 0.25) is 0 Å². The third-order valence-electron chi connectivity index (χ3n) is 3.32. The number of esters is 2. The van der Waals surface area contributed by atoms with Crippen LogP contribution in [0.15, 0.2) is 83.4 Å². The number of rotatable bonds is 4. The summed E-state index contributed by atoms with van der Waals surface area (Å²) >= 11 is 0. The minimum atomic E-state index is -0.445. The van der Waals surface area contributed by atoms with E-state index in [9.17, 15) is 9.59 Å². The van der Waals surface area contributed by atoms with Gasteiger partial charge in [0.1, 0.15) is 11.5 Å². The smallest absolute Gasteiger partial charge is 0.338 e. The lowest BCUT2D eigenvalue weighted by Crippen LogP contribution is -2.06. The van der Waals surface area contributed by atoms with E-state index in [1.165, 1.54) is 0 Å². The molecule has 2 aliphatic rings. The van der Waals surface area contributed by atoms with Crippen LogP contribution in [0.4, 0.5) is 0 Å². The maximum absolute atomic E-state index is 11.5. The molecule has 2 rings (SSSR count). The summed E-state index contributed by atoms with van der Waals surface area (Å²) < 4.78 is 10.3. The van der Waals surface area contributed by atoms with Crippen LogP contribution < -0.4 is 0 Å². The molecule has 0 saturated heterocycles. The van der Waals surface area contributed by atoms with Gasteiger partial charge >= 0.3 is 11.9 Å². The van der Waals surface area contributed by atoms with E-state index in [2.05, 4.69) is 13.2 Å². The third-order valence-corrected chi connectivity index (χ3v) is 3.32. The fraction of sp³-hybridized carbons (Fsp3) is 0.150. The number of allylic oxidation sites excluding steroid dienone is 8. The second-order valence-electron chi connectivity index (χ2n) is 5.53. The molecule has 4 nitrogen and oxygen atoms in total. The highest BCUT2D eigenvalue weighted by atomic mass is 16.5. The summed E-state index contributed by atoms with van der Waals surface area (Å²) in [6.07, 6.45) is 13.3. The Balaban J connectivity index is 1.98. The van der Waals surface area contributed by atoms with Crippen LogP contribution in [0.3, 0.4) is 0 Å². The molecule has 0 unspecified atom stereocenters. The number of carbonyl (C=O) groups excluding carboxylic acids is 2. The van der Waals surface area contributed by atoms with Crippen molar-refractivity contribution in [2.75, 3.05) is 0 Å². The molecular formula is C20H19O4. The molecule has 0 aromatic rings. The Morgan fingerprint density at radius 1 is 0.917 bits per heavy atom. The van der Waals surface area contributed by atoms with E-state index in [-0.39, 0.29) is 0 Å². The molecule has 0 saturated carbocycles. The zero-order valence-corrected chi connectivity index (χ0v) is 13.8. The van der Waals surface area contributed by atoms with Gasteiger partial charge in [0, 0.05) is 17.6 Å². The Hall–Kier alpha value is -2.88. The summed E-state index contributed by atoms with van der Waals surface area (Å²) in [6.45, 7) is 10.3. The lowest BCUT2D eigenvalue weighted by molar-refractivity contribution is -0.135. The molecule has 0 heterocycles. The van der Waals surface area contributed by atoms with Gasteiger partial charge < -0.3 is 9.47 Å². The highest BCUT2D eigenvalue weighted by molar-refractivity contribution is 5.88. The Kier molecular flexibility index (Phi) is 5.53. The first kappa shape index (κ1) is 17.5. The van der Waals surface area contributed by atoms with Crippen LogP contribution in [0.5, 0.6) is 0 Å². The van der Waals surface area contributed by atoms with Crippen molar-refractivity contribution in [3.63, 3.8) is 0 Å². The molecule has 0 bridgehead atoms. The predicted octanol–water partition coefficient (Wildman–Crippen LogP) is 4.02. The van der Waals surface area contributed by atoms with Gasteiger partial charge in [-0.25, -0.2) is 9.59 Å². The van der Waals surface area contributed by atoms with Crippen molar-refractivity contribution in [3.05, 3.63) is 89.8 Å². The minimum Gasteiger partial charge on any atom is -0.424 e. The quantitative estimate of drug-likeness (QED) is 0.579. The maximum atomic E-state index is 11.5. The van der Waals surface area contributed by atoms with E-state index in [1.54, 1.807) is 32.1 Å². The van der Waals surface area contributed by atoms with Crippen molar-refractivity contribution in [2.24, 2.45) is 0 Å². The summed E-state index contributed by atoms with van der Waals surface area (Å²) in [5, 5.41) is 0. The van der Waals surface area contributed by atoms with Crippen LogP contribution in [0.1, 0.15) is 20.3 Å². The molecule has 0 aromatic carbocycles. The molecule has 1 radical (unpaired) electrons. The Morgan fingerprint density at radius 2 is 1.50 bits per heavy atom. The molecule has 24 heavy (non-hydrogen) atoms. The van der Waals surface area contributed by atoms with Crippen LogP contribution in [0.2, 0.25) is 0 Å². The van der Waals surface area contributed by atoms with Crippen LogP contribution >= 0.6 is 0 Å². The molecule has 0 N–H and O–H groups in total. The second kappa shape index (κ2) is 7.59. The number of hydrogen-bond donors (Lipinski definition) is 0. The zero-order valence-electron chi connectivity index (χ0n) is 13.8. The van der Waals surface area contributed by atoms with Crippen LogP contribution in [-0.4, -0.2) is 11.9 Å². The van der Waals surface area contributed by atoms with E-state index in [4.69, 9.17) is 9.47 Å². The van der Waals surface area contributed by atoms with Gasteiger partial charge in [-0.1, -0.05) is 25.3 Å². The van der Waals surface area contributed by atoms with Gasteiger partial charge in [-0.15, -0.1) is 0 Å². The summed E-state index contributed by atoms with van der Waals surface area (Å²) in [7, 11) is 0. The number of ether oxygens (including phenoxy) is 2. The molecule has 123 valence electrons. The highest BCUT2D eigenvalue weighted by Crippen LogP contribution is 2.26. The topological polar surface area (TPSA) is 52.6 Å². The average molecular weight is 323 g/mol. The predicted molar refractivity (Wildman–Crippen MR) is 92.2 cm³/mol. The van der Waals surface area contributed by atoms with Crippen LogP contribution in [0.25, 0.3) is 0 Å². The molecule has 4 heteroatoms. The van der Waals surface area contributed by atoms with Crippen LogP contribution in [0, 0.1) is 6.42 Å². The third kappa shape index (κ3) is 4.56. The van der Waals surface area contributed by atoms with Gasteiger partial charge in [-0.2, -0.15) is 0 Å². The van der Waals surface area contributed by atoms with Crippen LogP contribution in [-0.2, 0) is 19.1 Å². The highest BCUT2D eigenvalue weighted by Gasteiger charge is 2.13. The molecular weight excluding hydrogens is 304 g/mol. The molecule has 0 amide bonds. The summed E-state index contributed by atoms with van der Waals surface area (Å²) in [5.41, 5.74) is 2.79. The normalized spacial score (nSPS) is 19.2. The van der Waals surface area contributed by atoms with E-state index in [0.29, 0.717) is 29.1 Å². The Morgan fingerprint density at radius 3 is 1.96 bits per heavy atom. The fourth-order valence-corrected chi connectivity index (χ4v) is 1.94. The SMILES string of the molecule is C=C(C)C(=O)OC1=C[CH]/C(=C2/C=CC(OC(=O)C(=C)C)=CC2)C=C1. The molecule has 2 aliphatic carbocycles. The summed E-state index contributed by atoms with van der Waals surface area (Å²) in [6, 6.07) is 0. The first-order chi connectivity index (χ1) is 11.4. The van der Waals surface area contributed by atoms with E-state index >= 15 is 0 Å². The fourth-order valence-electron chi connectivity index (χ4n) is 1.94. The lowest BCUT2D eigenvalue weighted by Gasteiger charge is -2.15. The number of hydrogen-bond acceptors (Lipinski definition) is 4. The zero-order chi connectivity index (χ0) is 17.7. The monoisotopic (exact) mass is 323 g/mol. The second-order valence-corrected chi connectivity index (χ2v) is 5.53. The van der Waals surface area contributed by atoms with Crippen molar-refractivity contribution in [1.82, 2.24) is 0 Å². The minimum absolute atomic E-state index is 0.352. The van der Waals surface area contributed by atoms with E-state index < -0.39 is 11.9 Å². The van der Waals surface area contributed by atoms with Crippen molar-refractivity contribution >= 4 is 11.9 Å². The van der Waals surface area contributed by atoms with Gasteiger partial charge in [-0.3, -0.25) is 0 Å². The Bertz CT molecular complexity index is 691. The first-order valence-electron chi connectivity index (χ1n) is 7.46. The van der Waals surface area contributed by atoms with Crippen molar-refractivity contribution in [2.45, 2.75) is 20.3 Å². The van der Waals surface area contributed by atoms with Gasteiger partial charge in [0.05, 0.1) is 0 Å². The van der Waals surface area contributed by atoms with Crippen molar-refractivity contribution in [3.8, 4) is 0 Å². The van der Waals surface area contributed by atoms with Gasteiger partial charge in [0.15, 0.2) is 0 Å². The molecule has 0 aromatic heterocycles. The summed E-state index contributed by atoms with van der Waals surface area (Å²) in [4.78, 5) is 23.0. The summed E-state index contributed by atoms with van der Waals surface area (Å²) in [5.74, 6) is 0.107. The molecule has 0 spiro atoms. The largest absolute Gasteiger partial charge is 0.424 e. The average Bonchev–Trinajstić information content (AvgIpc) is 2.56. The molecule has 0 fully saturated rings. The first-order valence-corrected chi connectivity index (χ1v) is 7.46. The number of carbonyl (C=O) groups is 2. The standard InChI is InChI=1S/C20H19O4/c1-13(2)19(21)23-17-9-5-15(6-10-17)16-7-11-18(12-8-16)24-20(22)14(3)4/h5-7,9-12H,1,3,8H2,2,4H3. The van der Waals surface area contributed by atoms with Crippen molar-refractivity contribution < 1.29 is 19.1 Å². The van der Waals surface area contributed by atoms with E-state index in [1.807, 2.05) is 24.6 Å². The molecule has 0 aliphatic heterocycles. The molecule has 0 atom stereocenters. The van der Waals surface area contributed by atoms with Gasteiger partial charge in [0.25, 0.3) is 0 Å². The van der Waals surface area contributed by atoms with Crippen molar-refractivity contribution in [1.29, 1.82) is 0 Å². The maximum Gasteiger partial charge on any atom is 0.338 e. The van der Waals surface area contributed by atoms with Gasteiger partial charge in [-0.05, 0) is 55.7 Å². The lowest BCUT2D eigenvalue weighted by atomic mass is 9.95.